The molecule has 2 aromatic rings. The van der Waals surface area contributed by atoms with Crippen LogP contribution < -0.4 is 5.32 Å². The second-order valence-electron chi connectivity index (χ2n) is 4.75. The predicted molar refractivity (Wildman–Crippen MR) is 77.3 cm³/mol. The molecule has 0 saturated heterocycles. The van der Waals surface area contributed by atoms with Crippen molar-refractivity contribution in [2.24, 2.45) is 0 Å². The minimum Gasteiger partial charge on any atom is -0.469 e. The van der Waals surface area contributed by atoms with Crippen molar-refractivity contribution in [1.29, 1.82) is 0 Å². The zero-order chi connectivity index (χ0) is 13.5. The van der Waals surface area contributed by atoms with Crippen LogP contribution in [0, 0.1) is 0 Å². The molecule has 3 heteroatoms. The Morgan fingerprint density at radius 2 is 2.05 bits per heavy atom. The van der Waals surface area contributed by atoms with E-state index in [2.05, 4.69) is 24.4 Å². The maximum atomic E-state index is 5.35. The van der Waals surface area contributed by atoms with Crippen molar-refractivity contribution in [2.75, 3.05) is 12.4 Å². The second-order valence-corrected chi connectivity index (χ2v) is 4.75. The first kappa shape index (κ1) is 13.7. The first-order valence-electron chi connectivity index (χ1n) is 6.65. The molecule has 1 heterocycles. The Hall–Kier alpha value is -1.74. The largest absolute Gasteiger partial charge is 0.469 e. The molecular weight excluding hydrogens is 238 g/mol. The quantitative estimate of drug-likeness (QED) is 0.820. The van der Waals surface area contributed by atoms with Crippen LogP contribution in [0.4, 0.5) is 5.69 Å². The zero-order valence-electron chi connectivity index (χ0n) is 11.6. The smallest absolute Gasteiger partial charge is 0.103 e. The molecule has 0 saturated carbocycles. The van der Waals surface area contributed by atoms with Crippen molar-refractivity contribution in [3.05, 3.63) is 54.0 Å². The predicted octanol–water partition coefficient (Wildman–Crippen LogP) is 3.86. The van der Waals surface area contributed by atoms with Crippen molar-refractivity contribution >= 4 is 5.69 Å². The first-order chi connectivity index (χ1) is 9.29. The molecule has 0 radical (unpaired) electrons. The minimum atomic E-state index is 0.392. The number of ether oxygens (including phenoxy) is 1. The summed E-state index contributed by atoms with van der Waals surface area (Å²) < 4.78 is 10.6. The summed E-state index contributed by atoms with van der Waals surface area (Å²) in [5.41, 5.74) is 2.34. The normalized spacial score (nSPS) is 12.3. The average Bonchev–Trinajstić information content (AvgIpc) is 2.92. The average molecular weight is 259 g/mol. The fourth-order valence-electron chi connectivity index (χ4n) is 2.09. The van der Waals surface area contributed by atoms with E-state index in [-0.39, 0.29) is 0 Å². The minimum absolute atomic E-state index is 0.392. The molecule has 0 aliphatic heterocycles. The molecule has 19 heavy (non-hydrogen) atoms. The Morgan fingerprint density at radius 1 is 1.21 bits per heavy atom. The summed E-state index contributed by atoms with van der Waals surface area (Å²) in [6, 6.07) is 12.6. The molecule has 0 spiro atoms. The second kappa shape index (κ2) is 7.00. The van der Waals surface area contributed by atoms with E-state index in [9.17, 15) is 0 Å². The van der Waals surface area contributed by atoms with E-state index >= 15 is 0 Å². The standard InChI is InChI=1S/C16H21NO2/c1-13(9-10-15-7-5-11-19-15)17-16-8-4-3-6-14(16)12-18-2/h3-8,11,13,17H,9-10,12H2,1-2H3. The van der Waals surface area contributed by atoms with Crippen LogP contribution in [-0.2, 0) is 17.8 Å². The molecule has 2 rings (SSSR count). The van der Waals surface area contributed by atoms with E-state index in [0.717, 1.165) is 24.3 Å². The van der Waals surface area contributed by atoms with Gasteiger partial charge >= 0.3 is 0 Å². The highest BCUT2D eigenvalue weighted by atomic mass is 16.5. The van der Waals surface area contributed by atoms with Gasteiger partial charge in [-0.05, 0) is 31.5 Å². The van der Waals surface area contributed by atoms with Gasteiger partial charge in [0, 0.05) is 30.8 Å². The lowest BCUT2D eigenvalue weighted by molar-refractivity contribution is 0.185. The molecule has 102 valence electrons. The number of benzene rings is 1. The van der Waals surface area contributed by atoms with Gasteiger partial charge in [-0.25, -0.2) is 0 Å². The molecule has 3 nitrogen and oxygen atoms in total. The summed E-state index contributed by atoms with van der Waals surface area (Å²) in [4.78, 5) is 0. The summed E-state index contributed by atoms with van der Waals surface area (Å²) in [5.74, 6) is 1.04. The van der Waals surface area contributed by atoms with E-state index in [1.54, 1.807) is 13.4 Å². The van der Waals surface area contributed by atoms with E-state index in [4.69, 9.17) is 9.15 Å². The molecule has 0 fully saturated rings. The van der Waals surface area contributed by atoms with E-state index in [0.29, 0.717) is 12.6 Å². The fraction of sp³-hybridized carbons (Fsp3) is 0.375. The van der Waals surface area contributed by atoms with Crippen molar-refractivity contribution in [3.8, 4) is 0 Å². The topological polar surface area (TPSA) is 34.4 Å². The van der Waals surface area contributed by atoms with Gasteiger partial charge in [0.15, 0.2) is 0 Å². The van der Waals surface area contributed by atoms with Crippen LogP contribution in [0.3, 0.4) is 0 Å². The van der Waals surface area contributed by atoms with Crippen LogP contribution in [0.2, 0.25) is 0 Å². The Morgan fingerprint density at radius 3 is 2.79 bits per heavy atom. The molecule has 1 aromatic heterocycles. The lowest BCUT2D eigenvalue weighted by atomic mass is 10.1. The van der Waals surface area contributed by atoms with Crippen molar-refractivity contribution in [3.63, 3.8) is 0 Å². The Balaban J connectivity index is 1.89. The Bertz CT molecular complexity index is 479. The Labute approximate surface area is 114 Å². The van der Waals surface area contributed by atoms with Crippen LogP contribution in [0.1, 0.15) is 24.7 Å². The van der Waals surface area contributed by atoms with Crippen molar-refractivity contribution in [2.45, 2.75) is 32.4 Å². The van der Waals surface area contributed by atoms with Crippen LogP contribution >= 0.6 is 0 Å². The van der Waals surface area contributed by atoms with Gasteiger partial charge < -0.3 is 14.5 Å². The van der Waals surface area contributed by atoms with Gasteiger partial charge in [-0.15, -0.1) is 0 Å². The number of hydrogen-bond acceptors (Lipinski definition) is 3. The monoisotopic (exact) mass is 259 g/mol. The molecule has 1 atom stereocenters. The molecule has 0 aliphatic rings. The summed E-state index contributed by atoms with van der Waals surface area (Å²) >= 11 is 0. The molecule has 1 N–H and O–H groups in total. The lowest BCUT2D eigenvalue weighted by Crippen LogP contribution is -2.17. The van der Waals surface area contributed by atoms with Gasteiger partial charge in [-0.3, -0.25) is 0 Å². The molecule has 0 bridgehead atoms. The maximum absolute atomic E-state index is 5.35. The Kier molecular flexibility index (Phi) is 5.04. The van der Waals surface area contributed by atoms with E-state index in [1.165, 1.54) is 5.56 Å². The van der Waals surface area contributed by atoms with Gasteiger partial charge in [0.25, 0.3) is 0 Å². The molecule has 1 unspecified atom stereocenters. The molecular formula is C16H21NO2. The van der Waals surface area contributed by atoms with Gasteiger partial charge in [-0.1, -0.05) is 18.2 Å². The highest BCUT2D eigenvalue weighted by Crippen LogP contribution is 2.18. The SMILES string of the molecule is COCc1ccccc1NC(C)CCc1ccco1. The molecule has 1 aromatic carbocycles. The maximum Gasteiger partial charge on any atom is 0.103 e. The number of hydrogen-bond donors (Lipinski definition) is 1. The summed E-state index contributed by atoms with van der Waals surface area (Å²) in [5, 5.41) is 3.54. The fourth-order valence-corrected chi connectivity index (χ4v) is 2.09. The lowest BCUT2D eigenvalue weighted by Gasteiger charge is -2.17. The number of rotatable bonds is 7. The highest BCUT2D eigenvalue weighted by Gasteiger charge is 2.07. The summed E-state index contributed by atoms with van der Waals surface area (Å²) in [6.07, 6.45) is 3.71. The molecule has 0 amide bonds. The first-order valence-corrected chi connectivity index (χ1v) is 6.65. The zero-order valence-corrected chi connectivity index (χ0v) is 11.6. The number of anilines is 1. The number of furan rings is 1. The van der Waals surface area contributed by atoms with Gasteiger partial charge in [0.05, 0.1) is 12.9 Å². The van der Waals surface area contributed by atoms with E-state index < -0.39 is 0 Å². The third-order valence-corrected chi connectivity index (χ3v) is 3.12. The summed E-state index contributed by atoms with van der Waals surface area (Å²) in [6.45, 7) is 2.82. The van der Waals surface area contributed by atoms with Crippen LogP contribution in [0.15, 0.2) is 47.1 Å². The number of para-hydroxylation sites is 1. The third-order valence-electron chi connectivity index (χ3n) is 3.12. The van der Waals surface area contributed by atoms with Crippen LogP contribution in [-0.4, -0.2) is 13.2 Å². The number of methoxy groups -OCH3 is 1. The van der Waals surface area contributed by atoms with Crippen LogP contribution in [0.25, 0.3) is 0 Å². The van der Waals surface area contributed by atoms with Crippen molar-refractivity contribution < 1.29 is 9.15 Å². The molecule has 0 aliphatic carbocycles. The van der Waals surface area contributed by atoms with Crippen molar-refractivity contribution in [1.82, 2.24) is 0 Å². The van der Waals surface area contributed by atoms with Gasteiger partial charge in [-0.2, -0.15) is 0 Å². The van der Waals surface area contributed by atoms with Crippen LogP contribution in [0.5, 0.6) is 0 Å². The summed E-state index contributed by atoms with van der Waals surface area (Å²) in [7, 11) is 1.72. The number of nitrogens with one attached hydrogen (secondary N) is 1. The number of aryl methyl sites for hydroxylation is 1. The highest BCUT2D eigenvalue weighted by molar-refractivity contribution is 5.51. The van der Waals surface area contributed by atoms with Gasteiger partial charge in [0.2, 0.25) is 0 Å². The third kappa shape index (κ3) is 4.14. The van der Waals surface area contributed by atoms with Gasteiger partial charge in [0.1, 0.15) is 5.76 Å². The van der Waals surface area contributed by atoms with E-state index in [1.807, 2.05) is 24.3 Å².